The number of pyridine rings is 1. The summed E-state index contributed by atoms with van der Waals surface area (Å²) in [7, 11) is 1.63. The van der Waals surface area contributed by atoms with Crippen LogP contribution in [0.25, 0.3) is 5.65 Å². The molecule has 4 rings (SSSR count). The molecule has 1 amide bonds. The first kappa shape index (κ1) is 15.4. The minimum Gasteiger partial charge on any atom is -0.497 e. The number of methoxy groups -OCH3 is 1. The van der Waals surface area contributed by atoms with Gasteiger partial charge in [-0.05, 0) is 40.6 Å². The van der Waals surface area contributed by atoms with Gasteiger partial charge in [0.1, 0.15) is 11.5 Å². The zero-order chi connectivity index (χ0) is 17.2. The second kappa shape index (κ2) is 6.39. The Labute approximate surface area is 143 Å². The molecule has 1 N–H and O–H groups in total. The number of tetrazole rings is 1. The van der Waals surface area contributed by atoms with Crippen LogP contribution in [0.5, 0.6) is 11.5 Å². The lowest BCUT2D eigenvalue weighted by molar-refractivity contribution is 0.0939. The number of benzene rings is 1. The lowest BCUT2D eigenvalue weighted by atomic mass is 9.96. The third-order valence-electron chi connectivity index (χ3n) is 4.27. The van der Waals surface area contributed by atoms with Crippen molar-refractivity contribution in [3.8, 4) is 11.5 Å². The van der Waals surface area contributed by atoms with E-state index in [0.717, 1.165) is 23.5 Å². The van der Waals surface area contributed by atoms with E-state index in [9.17, 15) is 4.79 Å². The number of fused-ring (bicyclic) bond motifs is 2. The fourth-order valence-electron chi connectivity index (χ4n) is 2.89. The largest absolute Gasteiger partial charge is 0.497 e. The molecule has 0 saturated carbocycles. The van der Waals surface area contributed by atoms with Gasteiger partial charge in [0.2, 0.25) is 0 Å². The van der Waals surface area contributed by atoms with Gasteiger partial charge >= 0.3 is 0 Å². The van der Waals surface area contributed by atoms with Crippen molar-refractivity contribution in [2.45, 2.75) is 6.42 Å². The first-order valence-corrected chi connectivity index (χ1v) is 7.98. The van der Waals surface area contributed by atoms with Crippen LogP contribution in [0.2, 0.25) is 0 Å². The van der Waals surface area contributed by atoms with E-state index in [1.165, 1.54) is 4.52 Å². The summed E-state index contributed by atoms with van der Waals surface area (Å²) in [5, 5.41) is 14.1. The first-order chi connectivity index (χ1) is 12.2. The third kappa shape index (κ3) is 3.10. The molecule has 25 heavy (non-hydrogen) atoms. The van der Waals surface area contributed by atoms with Crippen LogP contribution in [-0.4, -0.2) is 46.2 Å². The van der Waals surface area contributed by atoms with Crippen molar-refractivity contribution in [3.05, 3.63) is 47.7 Å². The average Bonchev–Trinajstić information content (AvgIpc) is 3.13. The van der Waals surface area contributed by atoms with Gasteiger partial charge in [-0.25, -0.2) is 4.52 Å². The van der Waals surface area contributed by atoms with E-state index in [2.05, 4.69) is 20.8 Å². The molecule has 2 aromatic heterocycles. The monoisotopic (exact) mass is 339 g/mol. The van der Waals surface area contributed by atoms with Crippen molar-refractivity contribution in [3.63, 3.8) is 0 Å². The molecule has 0 saturated heterocycles. The van der Waals surface area contributed by atoms with Crippen LogP contribution < -0.4 is 14.8 Å². The summed E-state index contributed by atoms with van der Waals surface area (Å²) < 4.78 is 12.5. The molecule has 8 nitrogen and oxygen atoms in total. The number of rotatable bonds is 4. The molecule has 8 heteroatoms. The van der Waals surface area contributed by atoms with Gasteiger partial charge in [0, 0.05) is 30.3 Å². The summed E-state index contributed by atoms with van der Waals surface area (Å²) in [6, 6.07) is 9.18. The van der Waals surface area contributed by atoms with Crippen LogP contribution in [-0.2, 0) is 6.42 Å². The maximum absolute atomic E-state index is 12.3. The Hall–Kier alpha value is -3.16. The molecule has 1 aliphatic rings. The highest BCUT2D eigenvalue weighted by atomic mass is 16.5. The van der Waals surface area contributed by atoms with Gasteiger partial charge in [-0.3, -0.25) is 4.79 Å². The maximum Gasteiger partial charge on any atom is 0.251 e. The molecule has 1 aliphatic heterocycles. The molecule has 0 radical (unpaired) electrons. The van der Waals surface area contributed by atoms with E-state index in [-0.39, 0.29) is 11.8 Å². The molecule has 0 aliphatic carbocycles. The first-order valence-electron chi connectivity index (χ1n) is 7.98. The van der Waals surface area contributed by atoms with Gasteiger partial charge in [-0.1, -0.05) is 6.07 Å². The maximum atomic E-state index is 12.3. The predicted octanol–water partition coefficient (Wildman–Crippen LogP) is 1.11. The van der Waals surface area contributed by atoms with E-state index < -0.39 is 0 Å². The van der Waals surface area contributed by atoms with Crippen LogP contribution in [0.15, 0.2) is 36.5 Å². The van der Waals surface area contributed by atoms with E-state index in [0.29, 0.717) is 24.4 Å². The quantitative estimate of drug-likeness (QED) is 0.766. The minimum absolute atomic E-state index is 0.147. The summed E-state index contributed by atoms with van der Waals surface area (Å²) in [6.45, 7) is 1.11. The molecule has 1 unspecified atom stereocenters. The highest BCUT2D eigenvalue weighted by Gasteiger charge is 2.21. The lowest BCUT2D eigenvalue weighted by Gasteiger charge is -2.25. The van der Waals surface area contributed by atoms with E-state index >= 15 is 0 Å². The zero-order valence-electron chi connectivity index (χ0n) is 13.7. The number of hydrogen-bond acceptors (Lipinski definition) is 6. The van der Waals surface area contributed by atoms with Gasteiger partial charge in [-0.15, -0.1) is 5.10 Å². The topological polar surface area (TPSA) is 90.6 Å². The highest BCUT2D eigenvalue weighted by molar-refractivity contribution is 5.94. The molecule has 0 bridgehead atoms. The Morgan fingerprint density at radius 1 is 1.40 bits per heavy atom. The summed E-state index contributed by atoms with van der Waals surface area (Å²) >= 11 is 0. The van der Waals surface area contributed by atoms with E-state index in [4.69, 9.17) is 9.47 Å². The second-order valence-electron chi connectivity index (χ2n) is 5.96. The lowest BCUT2D eigenvalue weighted by Crippen LogP contribution is -2.34. The summed E-state index contributed by atoms with van der Waals surface area (Å²) in [5.41, 5.74) is 2.20. The second-order valence-corrected chi connectivity index (χ2v) is 5.96. The molecule has 0 spiro atoms. The van der Waals surface area contributed by atoms with Gasteiger partial charge in [0.05, 0.1) is 13.7 Å². The number of carbonyl (C=O) groups excluding carboxylic acids is 1. The van der Waals surface area contributed by atoms with Crippen molar-refractivity contribution in [2.24, 2.45) is 5.92 Å². The number of carbonyl (C=O) groups is 1. The molecule has 3 aromatic rings. The van der Waals surface area contributed by atoms with Gasteiger partial charge < -0.3 is 14.8 Å². The number of ether oxygens (including phenoxy) is 2. The van der Waals surface area contributed by atoms with Crippen LogP contribution >= 0.6 is 0 Å². The Bertz CT molecular complexity index is 924. The molecule has 128 valence electrons. The molecule has 1 atom stereocenters. The van der Waals surface area contributed by atoms with Crippen LogP contribution in [0.4, 0.5) is 0 Å². The van der Waals surface area contributed by atoms with Crippen molar-refractivity contribution >= 4 is 11.6 Å². The van der Waals surface area contributed by atoms with Gasteiger partial charge in [-0.2, -0.15) is 0 Å². The fourth-order valence-corrected chi connectivity index (χ4v) is 2.89. The third-order valence-corrected chi connectivity index (χ3v) is 4.27. The molecule has 3 heterocycles. The van der Waals surface area contributed by atoms with E-state index in [1.807, 2.05) is 18.2 Å². The standard InChI is InChI=1S/C17H17N5O3/c1-24-14-3-2-12-6-11(10-25-15(12)8-14)9-18-17(23)13-4-5-22-16(7-13)19-20-21-22/h2-5,7-8,11H,6,9-10H2,1H3,(H,18,23). The number of aromatic nitrogens is 4. The SMILES string of the molecule is COc1ccc2c(c1)OCC(CNC(=O)c1ccn3nnnc3c1)C2. The smallest absolute Gasteiger partial charge is 0.251 e. The molecular formula is C17H17N5O3. The van der Waals surface area contributed by atoms with Crippen LogP contribution in [0.1, 0.15) is 15.9 Å². The normalized spacial score (nSPS) is 16.1. The summed E-state index contributed by atoms with van der Waals surface area (Å²) in [4.78, 5) is 12.3. The van der Waals surface area contributed by atoms with Crippen molar-refractivity contribution < 1.29 is 14.3 Å². The predicted molar refractivity (Wildman–Crippen MR) is 88.8 cm³/mol. The molecule has 0 fully saturated rings. The number of nitrogens with one attached hydrogen (secondary N) is 1. The van der Waals surface area contributed by atoms with Crippen molar-refractivity contribution in [1.82, 2.24) is 25.4 Å². The number of nitrogens with zero attached hydrogens (tertiary/aromatic N) is 4. The van der Waals surface area contributed by atoms with Crippen molar-refractivity contribution in [2.75, 3.05) is 20.3 Å². The fraction of sp³-hybridized carbons (Fsp3) is 0.294. The number of hydrogen-bond donors (Lipinski definition) is 1. The zero-order valence-corrected chi connectivity index (χ0v) is 13.7. The van der Waals surface area contributed by atoms with Gasteiger partial charge in [0.25, 0.3) is 5.91 Å². The number of amides is 1. The van der Waals surface area contributed by atoms with Crippen molar-refractivity contribution in [1.29, 1.82) is 0 Å². The van der Waals surface area contributed by atoms with Gasteiger partial charge in [0.15, 0.2) is 5.65 Å². The molecular weight excluding hydrogens is 322 g/mol. The van der Waals surface area contributed by atoms with E-state index in [1.54, 1.807) is 25.4 Å². The minimum atomic E-state index is -0.147. The van der Waals surface area contributed by atoms with Crippen LogP contribution in [0, 0.1) is 5.92 Å². The average molecular weight is 339 g/mol. The van der Waals surface area contributed by atoms with Crippen LogP contribution in [0.3, 0.4) is 0 Å². The summed E-state index contributed by atoms with van der Waals surface area (Å²) in [5.74, 6) is 1.71. The Kier molecular flexibility index (Phi) is 3.93. The highest BCUT2D eigenvalue weighted by Crippen LogP contribution is 2.30. The molecule has 1 aromatic carbocycles. The Balaban J connectivity index is 1.38. The Morgan fingerprint density at radius 3 is 3.20 bits per heavy atom. The Morgan fingerprint density at radius 2 is 2.32 bits per heavy atom. The summed E-state index contributed by atoms with van der Waals surface area (Å²) in [6.07, 6.45) is 2.52.